The second-order valence-corrected chi connectivity index (χ2v) is 6.87. The molecule has 0 fully saturated rings. The molecule has 1 aromatic heterocycles. The lowest BCUT2D eigenvalue weighted by Crippen LogP contribution is -2.36. The number of ether oxygens (including phenoxy) is 1. The predicted molar refractivity (Wildman–Crippen MR) is 101 cm³/mol. The molecule has 148 valence electrons. The van der Waals surface area contributed by atoms with Gasteiger partial charge >= 0.3 is 6.18 Å². The Hall–Kier alpha value is -2.29. The van der Waals surface area contributed by atoms with Crippen molar-refractivity contribution < 1.29 is 17.9 Å². The molecule has 0 saturated heterocycles. The standard InChI is InChI=1S/C18H23F3N4OS/c1-3-15-10-23-16(27-15)11-25-17(22-4-2)24-9-13-6-5-7-14(8-13)26-12-18(19,20)21/h5-8,10H,3-4,9,11-12H2,1-2H3,(H2,22,24,25). The maximum Gasteiger partial charge on any atom is 0.422 e. The Morgan fingerprint density at radius 1 is 1.26 bits per heavy atom. The summed E-state index contributed by atoms with van der Waals surface area (Å²) in [7, 11) is 0. The van der Waals surface area contributed by atoms with Crippen molar-refractivity contribution in [1.82, 2.24) is 15.6 Å². The molecule has 0 aliphatic heterocycles. The third-order valence-corrected chi connectivity index (χ3v) is 4.56. The zero-order valence-electron chi connectivity index (χ0n) is 15.3. The molecule has 0 radical (unpaired) electrons. The monoisotopic (exact) mass is 400 g/mol. The lowest BCUT2D eigenvalue weighted by atomic mass is 10.2. The summed E-state index contributed by atoms with van der Waals surface area (Å²) in [4.78, 5) is 10.0. The van der Waals surface area contributed by atoms with Crippen molar-refractivity contribution >= 4 is 17.3 Å². The van der Waals surface area contributed by atoms with Gasteiger partial charge < -0.3 is 15.4 Å². The number of alkyl halides is 3. The van der Waals surface area contributed by atoms with Gasteiger partial charge in [-0.05, 0) is 31.0 Å². The van der Waals surface area contributed by atoms with Crippen molar-refractivity contribution in [2.24, 2.45) is 4.99 Å². The summed E-state index contributed by atoms with van der Waals surface area (Å²) in [6, 6.07) is 6.50. The second kappa shape index (κ2) is 10.1. The van der Waals surface area contributed by atoms with Gasteiger partial charge in [0.25, 0.3) is 0 Å². The highest BCUT2D eigenvalue weighted by Crippen LogP contribution is 2.19. The number of aryl methyl sites for hydroxylation is 1. The molecule has 0 aliphatic carbocycles. The van der Waals surface area contributed by atoms with Gasteiger partial charge in [-0.2, -0.15) is 13.2 Å². The van der Waals surface area contributed by atoms with Gasteiger partial charge in [0, 0.05) is 17.6 Å². The minimum atomic E-state index is -4.36. The summed E-state index contributed by atoms with van der Waals surface area (Å²) in [6.07, 6.45) is -1.53. The first-order valence-electron chi connectivity index (χ1n) is 8.64. The van der Waals surface area contributed by atoms with Gasteiger partial charge in [0.1, 0.15) is 10.8 Å². The summed E-state index contributed by atoms with van der Waals surface area (Å²) in [5, 5.41) is 7.32. The molecule has 2 aromatic rings. The molecule has 0 bridgehead atoms. The van der Waals surface area contributed by atoms with Crippen molar-refractivity contribution in [2.75, 3.05) is 13.2 Å². The number of hydrogen-bond acceptors (Lipinski definition) is 4. The topological polar surface area (TPSA) is 58.5 Å². The molecule has 0 aliphatic rings. The van der Waals surface area contributed by atoms with Crippen LogP contribution in [0.1, 0.15) is 29.3 Å². The molecule has 2 rings (SSSR count). The Morgan fingerprint density at radius 2 is 2.07 bits per heavy atom. The van der Waals surface area contributed by atoms with E-state index in [1.165, 1.54) is 10.9 Å². The molecule has 5 nitrogen and oxygen atoms in total. The zero-order valence-corrected chi connectivity index (χ0v) is 16.1. The molecule has 27 heavy (non-hydrogen) atoms. The second-order valence-electron chi connectivity index (χ2n) is 5.67. The van der Waals surface area contributed by atoms with E-state index < -0.39 is 12.8 Å². The normalized spacial score (nSPS) is 12.1. The molecular weight excluding hydrogens is 377 g/mol. The lowest BCUT2D eigenvalue weighted by molar-refractivity contribution is -0.153. The van der Waals surface area contributed by atoms with Crippen LogP contribution in [0.4, 0.5) is 13.2 Å². The van der Waals surface area contributed by atoms with Crippen LogP contribution in [0, 0.1) is 0 Å². The number of aliphatic imine (C=N–C) groups is 1. The minimum Gasteiger partial charge on any atom is -0.484 e. The summed E-state index contributed by atoms with van der Waals surface area (Å²) in [5.41, 5.74) is 0.759. The molecule has 0 saturated carbocycles. The smallest absolute Gasteiger partial charge is 0.422 e. The molecule has 1 heterocycles. The molecule has 9 heteroatoms. The van der Waals surface area contributed by atoms with Crippen molar-refractivity contribution in [2.45, 2.75) is 39.5 Å². The number of nitrogens with zero attached hydrogens (tertiary/aromatic N) is 2. The Labute approximate surface area is 160 Å². The Morgan fingerprint density at radius 3 is 2.74 bits per heavy atom. The van der Waals surface area contributed by atoms with Crippen LogP contribution in [0.2, 0.25) is 0 Å². The van der Waals surface area contributed by atoms with E-state index in [1.807, 2.05) is 13.1 Å². The zero-order chi connectivity index (χ0) is 19.7. The van der Waals surface area contributed by atoms with Crippen LogP contribution < -0.4 is 15.4 Å². The van der Waals surface area contributed by atoms with Gasteiger partial charge in [-0.25, -0.2) is 9.98 Å². The predicted octanol–water partition coefficient (Wildman–Crippen LogP) is 3.90. The van der Waals surface area contributed by atoms with Crippen molar-refractivity contribution in [3.63, 3.8) is 0 Å². The SMILES string of the molecule is CCNC(=NCc1cccc(OCC(F)(F)F)c1)NCc1ncc(CC)s1. The summed E-state index contributed by atoms with van der Waals surface area (Å²) >= 11 is 1.65. The first-order valence-corrected chi connectivity index (χ1v) is 9.45. The summed E-state index contributed by atoms with van der Waals surface area (Å²) < 4.78 is 41.6. The number of halogens is 3. The first kappa shape index (κ1) is 21.0. The van der Waals surface area contributed by atoms with E-state index in [4.69, 9.17) is 4.74 Å². The summed E-state index contributed by atoms with van der Waals surface area (Å²) in [6.45, 7) is 4.31. The molecule has 1 aromatic carbocycles. The number of benzene rings is 1. The Kier molecular flexibility index (Phi) is 7.90. The highest BCUT2D eigenvalue weighted by atomic mass is 32.1. The van der Waals surface area contributed by atoms with Gasteiger partial charge in [0.2, 0.25) is 0 Å². The van der Waals surface area contributed by atoms with Crippen LogP contribution in [0.5, 0.6) is 5.75 Å². The number of hydrogen-bond donors (Lipinski definition) is 2. The molecule has 0 unspecified atom stereocenters. The average molecular weight is 400 g/mol. The Bertz CT molecular complexity index is 746. The maximum absolute atomic E-state index is 12.3. The molecule has 0 spiro atoms. The molecule has 2 N–H and O–H groups in total. The number of guanidine groups is 1. The maximum atomic E-state index is 12.3. The fourth-order valence-corrected chi connectivity index (χ4v) is 2.97. The largest absolute Gasteiger partial charge is 0.484 e. The highest BCUT2D eigenvalue weighted by molar-refractivity contribution is 7.11. The van der Waals surface area contributed by atoms with E-state index in [-0.39, 0.29) is 5.75 Å². The van der Waals surface area contributed by atoms with E-state index in [2.05, 4.69) is 27.5 Å². The lowest BCUT2D eigenvalue weighted by Gasteiger charge is -2.11. The number of thiazole rings is 1. The average Bonchev–Trinajstić information content (AvgIpc) is 3.10. The highest BCUT2D eigenvalue weighted by Gasteiger charge is 2.28. The van der Waals surface area contributed by atoms with Crippen LogP contribution in [-0.4, -0.2) is 30.3 Å². The van der Waals surface area contributed by atoms with E-state index in [0.29, 0.717) is 25.6 Å². The van der Waals surface area contributed by atoms with E-state index >= 15 is 0 Å². The van der Waals surface area contributed by atoms with E-state index in [9.17, 15) is 13.2 Å². The van der Waals surface area contributed by atoms with Crippen molar-refractivity contribution in [3.05, 3.63) is 45.9 Å². The van der Waals surface area contributed by atoms with Crippen LogP contribution in [0.25, 0.3) is 0 Å². The van der Waals surface area contributed by atoms with E-state index in [1.54, 1.807) is 29.5 Å². The third-order valence-electron chi connectivity index (χ3n) is 3.42. The summed E-state index contributed by atoms with van der Waals surface area (Å²) in [5.74, 6) is 0.792. The third kappa shape index (κ3) is 7.86. The minimum absolute atomic E-state index is 0.174. The first-order chi connectivity index (χ1) is 12.9. The molecular formula is C18H23F3N4OS. The Balaban J connectivity index is 1.95. The van der Waals surface area contributed by atoms with Crippen LogP contribution in [0.15, 0.2) is 35.5 Å². The van der Waals surface area contributed by atoms with Gasteiger partial charge in [0.05, 0.1) is 13.1 Å². The van der Waals surface area contributed by atoms with Crippen molar-refractivity contribution in [1.29, 1.82) is 0 Å². The fraction of sp³-hybridized carbons (Fsp3) is 0.444. The van der Waals surface area contributed by atoms with E-state index in [0.717, 1.165) is 17.0 Å². The fourth-order valence-electron chi connectivity index (χ4n) is 2.16. The van der Waals surface area contributed by atoms with Gasteiger partial charge in [-0.1, -0.05) is 19.1 Å². The van der Waals surface area contributed by atoms with Crippen LogP contribution in [0.3, 0.4) is 0 Å². The van der Waals surface area contributed by atoms with Crippen LogP contribution >= 0.6 is 11.3 Å². The van der Waals surface area contributed by atoms with Crippen molar-refractivity contribution in [3.8, 4) is 5.75 Å². The van der Waals surface area contributed by atoms with Gasteiger partial charge in [-0.3, -0.25) is 0 Å². The van der Waals surface area contributed by atoms with Crippen LogP contribution in [-0.2, 0) is 19.5 Å². The van der Waals surface area contributed by atoms with Gasteiger partial charge in [-0.15, -0.1) is 11.3 Å². The number of nitrogens with one attached hydrogen (secondary N) is 2. The molecule has 0 amide bonds. The number of aromatic nitrogens is 1. The van der Waals surface area contributed by atoms with Gasteiger partial charge in [0.15, 0.2) is 12.6 Å². The quantitative estimate of drug-likeness (QED) is 0.521. The number of rotatable bonds is 8. The molecule has 0 atom stereocenters.